The first kappa shape index (κ1) is 7.37. The minimum absolute atomic E-state index is 0.0394. The van der Waals surface area contributed by atoms with E-state index < -0.39 is 0 Å². The maximum absolute atomic E-state index is 4.15. The number of azo groups is 1. The lowest BCUT2D eigenvalue weighted by Gasteiger charge is -2.15. The summed E-state index contributed by atoms with van der Waals surface area (Å²) in [6, 6.07) is 0. The number of hydrogen-bond donors (Lipinski definition) is 1. The van der Waals surface area contributed by atoms with E-state index in [0.29, 0.717) is 0 Å². The molecular formula is C4H9N3S2. The predicted molar refractivity (Wildman–Crippen MR) is 42.7 cm³/mol. The van der Waals surface area contributed by atoms with Crippen molar-refractivity contribution in [2.45, 2.75) is 11.0 Å². The lowest BCUT2D eigenvalue weighted by molar-refractivity contribution is 0.356. The molecule has 1 heterocycles. The minimum atomic E-state index is -0.0394. The maximum atomic E-state index is 4.15. The van der Waals surface area contributed by atoms with E-state index in [9.17, 15) is 0 Å². The molecule has 0 aliphatic carbocycles. The van der Waals surface area contributed by atoms with Crippen molar-refractivity contribution >= 4 is 24.4 Å². The fourth-order valence-corrected chi connectivity index (χ4v) is 1.48. The van der Waals surface area contributed by atoms with Gasteiger partial charge in [0.2, 0.25) is 0 Å². The molecule has 1 aliphatic heterocycles. The zero-order chi connectivity index (χ0) is 6.85. The van der Waals surface area contributed by atoms with Crippen LogP contribution in [0.2, 0.25) is 0 Å². The summed E-state index contributed by atoms with van der Waals surface area (Å²) in [7, 11) is 1.96. The fraction of sp³-hybridized carbons (Fsp3) is 1.00. The van der Waals surface area contributed by atoms with Crippen LogP contribution in [-0.2, 0) is 0 Å². The highest BCUT2D eigenvalue weighted by atomic mass is 32.2. The molecule has 0 aromatic carbocycles. The average Bonchev–Trinajstić information content (AvgIpc) is 2.15. The van der Waals surface area contributed by atoms with Crippen molar-refractivity contribution in [1.29, 1.82) is 0 Å². The van der Waals surface area contributed by atoms with Crippen molar-refractivity contribution in [3.05, 3.63) is 0 Å². The van der Waals surface area contributed by atoms with E-state index in [1.807, 2.05) is 18.2 Å². The lowest BCUT2D eigenvalue weighted by Crippen LogP contribution is -2.27. The molecule has 9 heavy (non-hydrogen) atoms. The summed E-state index contributed by atoms with van der Waals surface area (Å²) in [5, 5.41) is 7.82. The van der Waals surface area contributed by atoms with E-state index in [2.05, 4.69) is 22.9 Å². The molecule has 0 N–H and O–H groups in total. The highest BCUT2D eigenvalue weighted by Crippen LogP contribution is 2.23. The van der Waals surface area contributed by atoms with E-state index in [-0.39, 0.29) is 11.0 Å². The Labute approximate surface area is 64.3 Å². The molecule has 3 nitrogen and oxygen atoms in total. The number of rotatable bonds is 1. The summed E-state index contributed by atoms with van der Waals surface area (Å²) in [5.74, 6) is 0. The van der Waals surface area contributed by atoms with Crippen molar-refractivity contribution in [1.82, 2.24) is 4.90 Å². The third-order valence-electron chi connectivity index (χ3n) is 1.19. The smallest absolute Gasteiger partial charge is 0.172 e. The molecule has 0 aromatic heterocycles. The second kappa shape index (κ2) is 2.90. The minimum Gasteiger partial charge on any atom is -0.243 e. The summed E-state index contributed by atoms with van der Waals surface area (Å²) in [4.78, 5) is 1.99. The highest BCUT2D eigenvalue weighted by molar-refractivity contribution is 7.99. The topological polar surface area (TPSA) is 28.0 Å². The van der Waals surface area contributed by atoms with Crippen molar-refractivity contribution in [2.24, 2.45) is 10.2 Å². The highest BCUT2D eigenvalue weighted by Gasteiger charge is 2.23. The van der Waals surface area contributed by atoms with Crippen molar-refractivity contribution < 1.29 is 0 Å². The quantitative estimate of drug-likeness (QED) is 0.589. The van der Waals surface area contributed by atoms with Gasteiger partial charge in [0.1, 0.15) is 0 Å². The predicted octanol–water partition coefficient (Wildman–Crippen LogP) is 1.24. The van der Waals surface area contributed by atoms with Crippen molar-refractivity contribution in [3.63, 3.8) is 0 Å². The van der Waals surface area contributed by atoms with Gasteiger partial charge in [0, 0.05) is 0 Å². The molecule has 52 valence electrons. The normalized spacial score (nSPS) is 35.9. The molecule has 2 unspecified atom stereocenters. The van der Waals surface area contributed by atoms with Gasteiger partial charge in [-0.15, -0.1) is 24.4 Å². The second-order valence-electron chi connectivity index (χ2n) is 1.80. The molecule has 0 bridgehead atoms. The Morgan fingerprint density at radius 2 is 2.22 bits per heavy atom. The number of hydrogen-bond acceptors (Lipinski definition) is 5. The summed E-state index contributed by atoms with van der Waals surface area (Å²) in [6.07, 6.45) is 2.01. The van der Waals surface area contributed by atoms with Gasteiger partial charge in [0.05, 0.1) is 0 Å². The van der Waals surface area contributed by atoms with Crippen LogP contribution in [0.1, 0.15) is 0 Å². The summed E-state index contributed by atoms with van der Waals surface area (Å²) < 4.78 is 0. The molecule has 0 radical (unpaired) electrons. The summed E-state index contributed by atoms with van der Waals surface area (Å²) in [5.41, 5.74) is 0.134. The van der Waals surface area contributed by atoms with Gasteiger partial charge in [-0.2, -0.15) is 10.2 Å². The standard InChI is InChI=1S/C4H9N3S2/c1-7-3(8)5-6-4(7)9-2/h3-4,8H,1-2H3. The van der Waals surface area contributed by atoms with Crippen LogP contribution in [0.5, 0.6) is 0 Å². The monoisotopic (exact) mass is 163 g/mol. The zero-order valence-electron chi connectivity index (χ0n) is 5.35. The van der Waals surface area contributed by atoms with Crippen LogP contribution in [-0.4, -0.2) is 29.2 Å². The first-order valence-electron chi connectivity index (χ1n) is 2.58. The van der Waals surface area contributed by atoms with Crippen molar-refractivity contribution in [3.8, 4) is 0 Å². The van der Waals surface area contributed by atoms with E-state index in [1.165, 1.54) is 0 Å². The molecule has 0 fully saturated rings. The Bertz CT molecular complexity index is 127. The van der Waals surface area contributed by atoms with E-state index >= 15 is 0 Å². The molecule has 1 rings (SSSR count). The zero-order valence-corrected chi connectivity index (χ0v) is 7.06. The van der Waals surface area contributed by atoms with Crippen LogP contribution in [0.15, 0.2) is 10.2 Å². The number of thiol groups is 1. The largest absolute Gasteiger partial charge is 0.243 e. The SMILES string of the molecule is CSC1N=NC(S)N1C. The van der Waals surface area contributed by atoms with Gasteiger partial charge in [-0.3, -0.25) is 0 Å². The van der Waals surface area contributed by atoms with Crippen LogP contribution in [0.4, 0.5) is 0 Å². The van der Waals surface area contributed by atoms with E-state index in [4.69, 9.17) is 0 Å². The first-order valence-corrected chi connectivity index (χ1v) is 4.39. The number of nitrogens with zero attached hydrogens (tertiary/aromatic N) is 3. The Morgan fingerprint density at radius 1 is 1.56 bits per heavy atom. The third kappa shape index (κ3) is 1.39. The van der Waals surface area contributed by atoms with Gasteiger partial charge in [-0.1, -0.05) is 0 Å². The van der Waals surface area contributed by atoms with E-state index in [0.717, 1.165) is 0 Å². The fourth-order valence-electron chi connectivity index (χ4n) is 0.607. The van der Waals surface area contributed by atoms with Crippen molar-refractivity contribution in [2.75, 3.05) is 13.3 Å². The molecular weight excluding hydrogens is 154 g/mol. The lowest BCUT2D eigenvalue weighted by atomic mass is 10.8. The third-order valence-corrected chi connectivity index (χ3v) is 2.51. The maximum Gasteiger partial charge on any atom is 0.172 e. The number of thioether (sulfide) groups is 1. The molecule has 0 spiro atoms. The summed E-state index contributed by atoms with van der Waals surface area (Å²) >= 11 is 5.81. The van der Waals surface area contributed by atoms with Crippen LogP contribution < -0.4 is 0 Å². The molecule has 5 heteroatoms. The van der Waals surface area contributed by atoms with Gasteiger partial charge >= 0.3 is 0 Å². The Balaban J connectivity index is 2.51. The Hall–Kier alpha value is 0.260. The molecule has 0 saturated carbocycles. The molecule has 0 amide bonds. The van der Waals surface area contributed by atoms with Gasteiger partial charge in [-0.05, 0) is 13.3 Å². The second-order valence-corrected chi connectivity index (χ2v) is 3.16. The Morgan fingerprint density at radius 3 is 2.44 bits per heavy atom. The van der Waals surface area contributed by atoms with Crippen LogP contribution in [0.3, 0.4) is 0 Å². The molecule has 2 atom stereocenters. The van der Waals surface area contributed by atoms with Gasteiger partial charge in [-0.25, -0.2) is 4.90 Å². The molecule has 0 saturated heterocycles. The molecule has 1 aliphatic rings. The van der Waals surface area contributed by atoms with Gasteiger partial charge in [0.25, 0.3) is 0 Å². The molecule has 0 aromatic rings. The first-order chi connectivity index (χ1) is 4.25. The van der Waals surface area contributed by atoms with Crippen LogP contribution >= 0.6 is 24.4 Å². The average molecular weight is 163 g/mol. The van der Waals surface area contributed by atoms with Crippen LogP contribution in [0, 0.1) is 0 Å². The van der Waals surface area contributed by atoms with E-state index in [1.54, 1.807) is 11.8 Å². The summed E-state index contributed by atoms with van der Waals surface area (Å²) in [6.45, 7) is 0. The Kier molecular flexibility index (Phi) is 2.37. The van der Waals surface area contributed by atoms with Crippen LogP contribution in [0.25, 0.3) is 0 Å². The van der Waals surface area contributed by atoms with Gasteiger partial charge < -0.3 is 0 Å². The van der Waals surface area contributed by atoms with Gasteiger partial charge in [0.15, 0.2) is 11.0 Å².